The minimum absolute atomic E-state index is 0.102. The number of aryl methyl sites for hydroxylation is 1. The van der Waals surface area contributed by atoms with E-state index in [1.807, 2.05) is 30.0 Å². The van der Waals surface area contributed by atoms with Crippen molar-refractivity contribution in [3.05, 3.63) is 69.6 Å². The fourth-order valence-corrected chi connectivity index (χ4v) is 4.04. The first-order chi connectivity index (χ1) is 15.0. The van der Waals surface area contributed by atoms with E-state index in [9.17, 15) is 9.59 Å². The maximum atomic E-state index is 13.2. The van der Waals surface area contributed by atoms with E-state index >= 15 is 0 Å². The first-order valence-corrected chi connectivity index (χ1v) is 10.3. The van der Waals surface area contributed by atoms with Gasteiger partial charge in [-0.2, -0.15) is 0 Å². The highest BCUT2D eigenvalue weighted by atomic mass is 16.5. The lowest BCUT2D eigenvalue weighted by atomic mass is 10.1. The van der Waals surface area contributed by atoms with Crippen LogP contribution in [0.3, 0.4) is 0 Å². The Kier molecular flexibility index (Phi) is 5.95. The predicted molar refractivity (Wildman–Crippen MR) is 118 cm³/mol. The molecular formula is C24H26N2O5. The van der Waals surface area contributed by atoms with Crippen LogP contribution in [0.25, 0.3) is 11.0 Å². The third-order valence-electron chi connectivity index (χ3n) is 5.68. The summed E-state index contributed by atoms with van der Waals surface area (Å²) in [6.07, 6.45) is 0. The van der Waals surface area contributed by atoms with Crippen molar-refractivity contribution in [2.24, 2.45) is 0 Å². The number of amides is 1. The maximum Gasteiger partial charge on any atom is 0.336 e. The van der Waals surface area contributed by atoms with Crippen LogP contribution in [0.15, 0.2) is 51.7 Å². The van der Waals surface area contributed by atoms with Crippen LogP contribution in [-0.4, -0.2) is 56.1 Å². The van der Waals surface area contributed by atoms with Crippen molar-refractivity contribution in [1.29, 1.82) is 0 Å². The van der Waals surface area contributed by atoms with E-state index in [2.05, 4.69) is 4.90 Å². The number of piperazine rings is 1. The monoisotopic (exact) mass is 422 g/mol. The van der Waals surface area contributed by atoms with E-state index in [4.69, 9.17) is 13.9 Å². The largest absolute Gasteiger partial charge is 0.496 e. The summed E-state index contributed by atoms with van der Waals surface area (Å²) in [6.45, 7) is 5.18. The zero-order chi connectivity index (χ0) is 22.0. The maximum absolute atomic E-state index is 13.2. The molecule has 0 atom stereocenters. The lowest BCUT2D eigenvalue weighted by Crippen LogP contribution is -2.48. The standard InChI is InChI=1S/C24H26N2O5/c1-16-7-8-18-17(14-22(27)31-21(18)13-16)15-25-9-11-26(12-10-25)24(28)23-19(29-2)5-4-6-20(23)30-3/h4-8,13-14H,9-12,15H2,1-3H3. The minimum atomic E-state index is -0.342. The van der Waals surface area contributed by atoms with E-state index in [0.29, 0.717) is 55.4 Å². The van der Waals surface area contributed by atoms with Gasteiger partial charge >= 0.3 is 5.63 Å². The Morgan fingerprint density at radius 2 is 1.68 bits per heavy atom. The summed E-state index contributed by atoms with van der Waals surface area (Å²) in [4.78, 5) is 29.2. The SMILES string of the molecule is COc1cccc(OC)c1C(=O)N1CCN(Cc2cc(=O)oc3cc(C)ccc23)CC1. The average molecular weight is 422 g/mol. The Morgan fingerprint density at radius 1 is 1.00 bits per heavy atom. The molecule has 1 aromatic heterocycles. The summed E-state index contributed by atoms with van der Waals surface area (Å²) in [7, 11) is 3.09. The van der Waals surface area contributed by atoms with Gasteiger partial charge in [-0.05, 0) is 36.2 Å². The number of carbonyl (C=O) groups is 1. The Hall–Kier alpha value is -3.32. The van der Waals surface area contributed by atoms with Crippen LogP contribution in [0.4, 0.5) is 0 Å². The first-order valence-electron chi connectivity index (χ1n) is 10.3. The fraction of sp³-hybridized carbons (Fsp3) is 0.333. The van der Waals surface area contributed by atoms with Crippen molar-refractivity contribution in [1.82, 2.24) is 9.80 Å². The van der Waals surface area contributed by atoms with Crippen LogP contribution >= 0.6 is 0 Å². The molecule has 0 spiro atoms. The molecule has 2 aromatic carbocycles. The van der Waals surface area contributed by atoms with E-state index in [1.54, 1.807) is 38.5 Å². The molecular weight excluding hydrogens is 396 g/mol. The third-order valence-corrected chi connectivity index (χ3v) is 5.68. The van der Waals surface area contributed by atoms with Gasteiger partial charge in [-0.25, -0.2) is 4.79 Å². The zero-order valence-electron chi connectivity index (χ0n) is 18.0. The van der Waals surface area contributed by atoms with Crippen molar-refractivity contribution >= 4 is 16.9 Å². The first kappa shape index (κ1) is 20.9. The fourth-order valence-electron chi connectivity index (χ4n) is 4.04. The molecule has 2 heterocycles. The van der Waals surface area contributed by atoms with Crippen molar-refractivity contribution in [2.45, 2.75) is 13.5 Å². The average Bonchev–Trinajstić information content (AvgIpc) is 2.78. The molecule has 0 aliphatic carbocycles. The van der Waals surface area contributed by atoms with Gasteiger partial charge in [0.05, 0.1) is 14.2 Å². The van der Waals surface area contributed by atoms with E-state index in [1.165, 1.54) is 0 Å². The molecule has 162 valence electrons. The second-order valence-corrected chi connectivity index (χ2v) is 7.70. The lowest BCUT2D eigenvalue weighted by Gasteiger charge is -2.35. The highest BCUT2D eigenvalue weighted by molar-refractivity contribution is 5.99. The Bertz CT molecular complexity index is 1140. The van der Waals surface area contributed by atoms with E-state index in [-0.39, 0.29) is 11.5 Å². The molecule has 7 nitrogen and oxygen atoms in total. The quantitative estimate of drug-likeness (QED) is 0.589. The van der Waals surface area contributed by atoms with Crippen molar-refractivity contribution < 1.29 is 18.7 Å². The third kappa shape index (κ3) is 4.27. The smallest absolute Gasteiger partial charge is 0.336 e. The van der Waals surface area contributed by atoms with Crippen molar-refractivity contribution in [2.75, 3.05) is 40.4 Å². The molecule has 1 saturated heterocycles. The van der Waals surface area contributed by atoms with Gasteiger partial charge in [0.2, 0.25) is 0 Å². The van der Waals surface area contributed by atoms with E-state index in [0.717, 1.165) is 16.5 Å². The Labute approximate surface area is 180 Å². The van der Waals surface area contributed by atoms with Crippen LogP contribution in [0, 0.1) is 6.92 Å². The number of methoxy groups -OCH3 is 2. The molecule has 0 unspecified atom stereocenters. The van der Waals surface area contributed by atoms with Gasteiger partial charge in [-0.3, -0.25) is 9.69 Å². The minimum Gasteiger partial charge on any atom is -0.496 e. The van der Waals surface area contributed by atoms with E-state index < -0.39 is 0 Å². The summed E-state index contributed by atoms with van der Waals surface area (Å²) in [5.74, 6) is 0.907. The van der Waals surface area contributed by atoms with Crippen LogP contribution in [0.2, 0.25) is 0 Å². The lowest BCUT2D eigenvalue weighted by molar-refractivity contribution is 0.0622. The number of rotatable bonds is 5. The van der Waals surface area contributed by atoms with Gasteiger partial charge < -0.3 is 18.8 Å². The molecule has 7 heteroatoms. The Balaban J connectivity index is 1.49. The molecule has 3 aromatic rings. The Morgan fingerprint density at radius 3 is 2.32 bits per heavy atom. The van der Waals surface area contributed by atoms with Gasteiger partial charge in [0.25, 0.3) is 5.91 Å². The number of fused-ring (bicyclic) bond motifs is 1. The molecule has 31 heavy (non-hydrogen) atoms. The molecule has 4 rings (SSSR count). The summed E-state index contributed by atoms with van der Waals surface area (Å²) < 4.78 is 16.1. The number of benzene rings is 2. The van der Waals surface area contributed by atoms with Crippen LogP contribution < -0.4 is 15.1 Å². The molecule has 1 aliphatic rings. The van der Waals surface area contributed by atoms with Gasteiger partial charge in [0.15, 0.2) is 0 Å². The highest BCUT2D eigenvalue weighted by Crippen LogP contribution is 2.30. The number of ether oxygens (including phenoxy) is 2. The van der Waals surface area contributed by atoms with Crippen LogP contribution in [0.5, 0.6) is 11.5 Å². The van der Waals surface area contributed by atoms with Crippen molar-refractivity contribution in [3.63, 3.8) is 0 Å². The number of hydrogen-bond donors (Lipinski definition) is 0. The number of nitrogens with zero attached hydrogens (tertiary/aromatic N) is 2. The molecule has 1 aliphatic heterocycles. The molecule has 1 fully saturated rings. The molecule has 0 bridgehead atoms. The summed E-state index contributed by atoms with van der Waals surface area (Å²) in [5, 5.41) is 0.947. The summed E-state index contributed by atoms with van der Waals surface area (Å²) >= 11 is 0. The number of hydrogen-bond acceptors (Lipinski definition) is 6. The van der Waals surface area contributed by atoms with Crippen molar-refractivity contribution in [3.8, 4) is 11.5 Å². The second kappa shape index (κ2) is 8.81. The highest BCUT2D eigenvalue weighted by Gasteiger charge is 2.27. The molecule has 0 N–H and O–H groups in total. The van der Waals surface area contributed by atoms with Crippen LogP contribution in [-0.2, 0) is 6.54 Å². The normalized spacial score (nSPS) is 14.6. The number of carbonyl (C=O) groups excluding carboxylic acids is 1. The topological polar surface area (TPSA) is 72.2 Å². The van der Waals surface area contributed by atoms with Gasteiger partial charge in [-0.1, -0.05) is 18.2 Å². The zero-order valence-corrected chi connectivity index (χ0v) is 18.0. The van der Waals surface area contributed by atoms with Gasteiger partial charge in [-0.15, -0.1) is 0 Å². The summed E-state index contributed by atoms with van der Waals surface area (Å²) in [6, 6.07) is 12.8. The van der Waals surface area contributed by atoms with Gasteiger partial charge in [0.1, 0.15) is 22.6 Å². The summed E-state index contributed by atoms with van der Waals surface area (Å²) in [5.41, 5.74) is 2.71. The van der Waals surface area contributed by atoms with Gasteiger partial charge in [0, 0.05) is 44.2 Å². The molecule has 1 amide bonds. The van der Waals surface area contributed by atoms with Crippen LogP contribution in [0.1, 0.15) is 21.5 Å². The second-order valence-electron chi connectivity index (χ2n) is 7.70. The molecule has 0 saturated carbocycles. The predicted octanol–water partition coefficient (Wildman–Crippen LogP) is 3.08. The molecule has 0 radical (unpaired) electrons.